The Labute approximate surface area is 224 Å². The molecule has 3 aromatic carbocycles. The van der Waals surface area contributed by atoms with Crippen molar-refractivity contribution in [2.75, 3.05) is 30.9 Å². The standard InChI is InChI=1S/C28H25N7O4/c1-29-25-17-23-24(18-27(25)38-16-15-35-14-13-31-34-35)30-12-11-26(23)39-22-9-5-20(6-10-22)33-28(36)32-19-3-7-21(37-2)8-4-19/h3-14,17-18,31,34H,15-16H2,2H3,(H2,32,33,36). The zero-order valence-corrected chi connectivity index (χ0v) is 21.0. The second kappa shape index (κ2) is 11.7. The molecule has 0 radical (unpaired) electrons. The van der Waals surface area contributed by atoms with Crippen LogP contribution in [0.2, 0.25) is 0 Å². The molecule has 0 unspecified atom stereocenters. The number of nitrogens with zero attached hydrogens (tertiary/aromatic N) is 3. The summed E-state index contributed by atoms with van der Waals surface area (Å²) in [7, 11) is 1.59. The number of aromatic nitrogens is 1. The molecule has 11 nitrogen and oxygen atoms in total. The third-order valence-electron chi connectivity index (χ3n) is 5.73. The van der Waals surface area contributed by atoms with Crippen LogP contribution in [0.3, 0.4) is 0 Å². The van der Waals surface area contributed by atoms with E-state index in [1.165, 1.54) is 0 Å². The molecular weight excluding hydrogens is 498 g/mol. The average molecular weight is 524 g/mol. The molecule has 0 saturated heterocycles. The molecule has 39 heavy (non-hydrogen) atoms. The van der Waals surface area contributed by atoms with Gasteiger partial charge in [0.15, 0.2) is 0 Å². The van der Waals surface area contributed by atoms with Crippen LogP contribution in [0.4, 0.5) is 21.9 Å². The van der Waals surface area contributed by atoms with Crippen molar-refractivity contribution in [1.29, 1.82) is 0 Å². The van der Waals surface area contributed by atoms with Gasteiger partial charge in [-0.15, -0.1) is 5.53 Å². The Hall–Kier alpha value is -5.47. The van der Waals surface area contributed by atoms with Gasteiger partial charge in [-0.25, -0.2) is 9.64 Å². The van der Waals surface area contributed by atoms with Crippen LogP contribution in [0.15, 0.2) is 85.3 Å². The predicted molar refractivity (Wildman–Crippen MR) is 148 cm³/mol. The maximum absolute atomic E-state index is 12.3. The van der Waals surface area contributed by atoms with Crippen LogP contribution < -0.4 is 35.8 Å². The van der Waals surface area contributed by atoms with E-state index in [9.17, 15) is 4.79 Å². The van der Waals surface area contributed by atoms with Crippen molar-refractivity contribution in [2.24, 2.45) is 0 Å². The summed E-state index contributed by atoms with van der Waals surface area (Å²) in [5.41, 5.74) is 8.04. The van der Waals surface area contributed by atoms with Gasteiger partial charge in [-0.1, -0.05) is 0 Å². The topological polar surface area (TPSA) is 113 Å². The van der Waals surface area contributed by atoms with Crippen molar-refractivity contribution >= 4 is 34.0 Å². The predicted octanol–water partition coefficient (Wildman–Crippen LogP) is 5.41. The number of pyridine rings is 1. The van der Waals surface area contributed by atoms with E-state index in [-0.39, 0.29) is 6.03 Å². The summed E-state index contributed by atoms with van der Waals surface area (Å²) in [4.78, 5) is 20.4. The highest BCUT2D eigenvalue weighted by molar-refractivity contribution is 5.99. The minimum Gasteiger partial charge on any atom is -0.503 e. The van der Waals surface area contributed by atoms with Crippen LogP contribution in [-0.2, 0) is 0 Å². The second-order valence-electron chi connectivity index (χ2n) is 8.31. The normalized spacial score (nSPS) is 11.9. The number of amides is 2. The summed E-state index contributed by atoms with van der Waals surface area (Å²) in [6.07, 6.45) is 5.27. The van der Waals surface area contributed by atoms with E-state index in [1.807, 2.05) is 11.2 Å². The number of rotatable bonds is 9. The zero-order valence-electron chi connectivity index (χ0n) is 21.0. The van der Waals surface area contributed by atoms with E-state index in [0.29, 0.717) is 64.1 Å². The number of nitrogens with one attached hydrogen (secondary N) is 4. The molecule has 0 atom stereocenters. The lowest BCUT2D eigenvalue weighted by Gasteiger charge is -2.16. The molecule has 0 spiro atoms. The molecule has 1 aliphatic rings. The Morgan fingerprint density at radius 1 is 1.00 bits per heavy atom. The Bertz CT molecular complexity index is 1530. The molecule has 0 fully saturated rings. The van der Waals surface area contributed by atoms with Crippen molar-refractivity contribution in [3.63, 3.8) is 0 Å². The van der Waals surface area contributed by atoms with Crippen molar-refractivity contribution in [3.05, 3.63) is 96.7 Å². The maximum atomic E-state index is 12.3. The molecule has 11 heteroatoms. The molecule has 5 rings (SSSR count). The van der Waals surface area contributed by atoms with E-state index in [2.05, 4.69) is 31.4 Å². The van der Waals surface area contributed by atoms with Crippen LogP contribution in [-0.4, -0.2) is 36.3 Å². The molecule has 2 amide bonds. The highest BCUT2D eigenvalue weighted by Gasteiger charge is 2.13. The van der Waals surface area contributed by atoms with E-state index < -0.39 is 0 Å². The van der Waals surface area contributed by atoms with Gasteiger partial charge >= 0.3 is 6.03 Å². The average Bonchev–Trinajstić information content (AvgIpc) is 3.48. The number of fused-ring (bicyclic) bond motifs is 1. The second-order valence-corrected chi connectivity index (χ2v) is 8.31. The monoisotopic (exact) mass is 523 g/mol. The first-order valence-corrected chi connectivity index (χ1v) is 12.0. The van der Waals surface area contributed by atoms with E-state index >= 15 is 0 Å². The van der Waals surface area contributed by atoms with Gasteiger partial charge in [0.25, 0.3) is 0 Å². The smallest absolute Gasteiger partial charge is 0.323 e. The lowest BCUT2D eigenvalue weighted by Crippen LogP contribution is -2.37. The number of carbonyl (C=O) groups excluding carboxylic acids is 1. The molecule has 0 bridgehead atoms. The summed E-state index contributed by atoms with van der Waals surface area (Å²) < 4.78 is 17.1. The minimum atomic E-state index is -0.372. The number of ether oxygens (including phenoxy) is 3. The van der Waals surface area contributed by atoms with Crippen LogP contribution in [0, 0.1) is 6.57 Å². The summed E-state index contributed by atoms with van der Waals surface area (Å²) in [5.74, 6) is 2.28. The number of hydrazine groups is 2. The number of benzene rings is 3. The van der Waals surface area contributed by atoms with Crippen molar-refractivity contribution in [1.82, 2.24) is 21.0 Å². The third kappa shape index (κ3) is 6.27. The molecule has 0 aliphatic carbocycles. The first-order valence-electron chi connectivity index (χ1n) is 12.0. The van der Waals surface area contributed by atoms with Crippen molar-refractivity contribution in [3.8, 4) is 23.0 Å². The summed E-state index contributed by atoms with van der Waals surface area (Å²) >= 11 is 0. The van der Waals surface area contributed by atoms with Gasteiger partial charge in [0.1, 0.15) is 29.6 Å². The summed E-state index contributed by atoms with van der Waals surface area (Å²) in [6, 6.07) is 18.8. The lowest BCUT2D eigenvalue weighted by molar-refractivity contribution is 0.209. The van der Waals surface area contributed by atoms with Crippen LogP contribution in [0.25, 0.3) is 15.7 Å². The Kier molecular flexibility index (Phi) is 7.57. The van der Waals surface area contributed by atoms with Gasteiger partial charge in [-0.05, 0) is 66.7 Å². The quantitative estimate of drug-likeness (QED) is 0.216. The number of methoxy groups -OCH3 is 1. The Balaban J connectivity index is 1.24. The Morgan fingerprint density at radius 3 is 2.36 bits per heavy atom. The van der Waals surface area contributed by atoms with Gasteiger partial charge in [-0.3, -0.25) is 9.99 Å². The van der Waals surface area contributed by atoms with Crippen LogP contribution in [0.1, 0.15) is 0 Å². The van der Waals surface area contributed by atoms with Gasteiger partial charge in [-0.2, -0.15) is 0 Å². The molecule has 4 N–H and O–H groups in total. The van der Waals surface area contributed by atoms with Crippen LogP contribution in [0.5, 0.6) is 23.0 Å². The number of carbonyl (C=O) groups is 1. The summed E-state index contributed by atoms with van der Waals surface area (Å²) in [5, 5.41) is 8.07. The molecule has 1 aromatic heterocycles. The van der Waals surface area contributed by atoms with Gasteiger partial charge in [0, 0.05) is 35.4 Å². The first kappa shape index (κ1) is 25.2. The molecule has 4 aromatic rings. The largest absolute Gasteiger partial charge is 0.503 e. The number of anilines is 2. The highest BCUT2D eigenvalue weighted by Crippen LogP contribution is 2.37. The zero-order chi connectivity index (χ0) is 27.0. The lowest BCUT2D eigenvalue weighted by atomic mass is 10.1. The van der Waals surface area contributed by atoms with Gasteiger partial charge in [0.2, 0.25) is 5.69 Å². The number of urea groups is 1. The molecule has 2 heterocycles. The van der Waals surface area contributed by atoms with Crippen molar-refractivity contribution in [2.45, 2.75) is 0 Å². The van der Waals surface area contributed by atoms with Gasteiger partial charge < -0.3 is 30.3 Å². The maximum Gasteiger partial charge on any atom is 0.323 e. The Morgan fingerprint density at radius 2 is 1.72 bits per heavy atom. The molecular formula is C28H25N7O4. The van der Waals surface area contributed by atoms with Gasteiger partial charge in [0.05, 0.1) is 25.7 Å². The fourth-order valence-corrected chi connectivity index (χ4v) is 3.80. The molecule has 0 saturated carbocycles. The molecule has 1 aliphatic heterocycles. The summed E-state index contributed by atoms with van der Waals surface area (Å²) in [6.45, 7) is 8.58. The van der Waals surface area contributed by atoms with E-state index in [1.54, 1.807) is 86.2 Å². The van der Waals surface area contributed by atoms with Crippen molar-refractivity contribution < 1.29 is 19.0 Å². The van der Waals surface area contributed by atoms with Crippen LogP contribution >= 0.6 is 0 Å². The van der Waals surface area contributed by atoms with E-state index in [0.717, 1.165) is 0 Å². The highest BCUT2D eigenvalue weighted by atomic mass is 16.5. The first-order chi connectivity index (χ1) is 19.1. The molecule has 196 valence electrons. The number of hydrogen-bond donors (Lipinski definition) is 4. The van der Waals surface area contributed by atoms with E-state index in [4.69, 9.17) is 20.8 Å². The number of hydrogen-bond acceptors (Lipinski definition) is 8. The fourth-order valence-electron chi connectivity index (χ4n) is 3.80. The fraction of sp³-hybridized carbons (Fsp3) is 0.107. The third-order valence-corrected chi connectivity index (χ3v) is 5.73. The SMILES string of the molecule is [C-]#[N+]c1cc2c(Oc3ccc(NC(=O)Nc4ccc(OC)cc4)cc3)ccnc2cc1OCCN1C=CNN1. The minimum absolute atomic E-state index is 0.366.